The van der Waals surface area contributed by atoms with Gasteiger partial charge in [-0.3, -0.25) is 14.9 Å². The first-order chi connectivity index (χ1) is 10.5. The molecule has 0 heterocycles. The zero-order valence-corrected chi connectivity index (χ0v) is 12.5. The zero-order valence-electron chi connectivity index (χ0n) is 12.5. The van der Waals surface area contributed by atoms with E-state index in [0.29, 0.717) is 11.5 Å². The molecule has 1 amide bonds. The van der Waals surface area contributed by atoms with Crippen LogP contribution in [-0.2, 0) is 0 Å². The molecule has 2 aliphatic rings. The van der Waals surface area contributed by atoms with Crippen LogP contribution in [-0.4, -0.2) is 16.5 Å². The molecule has 0 aliphatic heterocycles. The van der Waals surface area contributed by atoms with Gasteiger partial charge < -0.3 is 0 Å². The predicted octanol–water partition coefficient (Wildman–Crippen LogP) is 3.14. The van der Waals surface area contributed by atoms with Gasteiger partial charge in [-0.15, -0.1) is 0 Å². The van der Waals surface area contributed by atoms with E-state index in [2.05, 4.69) is 10.5 Å². The Morgan fingerprint density at radius 2 is 2.00 bits per heavy atom. The molecule has 1 aromatic carbocycles. The van der Waals surface area contributed by atoms with Gasteiger partial charge in [0.1, 0.15) is 0 Å². The van der Waals surface area contributed by atoms with Gasteiger partial charge in [-0.05, 0) is 50.2 Å². The monoisotopic (exact) mass is 301 g/mol. The van der Waals surface area contributed by atoms with Crippen molar-refractivity contribution in [3.63, 3.8) is 0 Å². The summed E-state index contributed by atoms with van der Waals surface area (Å²) in [6.45, 7) is 1.97. The van der Waals surface area contributed by atoms with E-state index >= 15 is 0 Å². The van der Waals surface area contributed by atoms with Crippen LogP contribution >= 0.6 is 0 Å². The van der Waals surface area contributed by atoms with Crippen molar-refractivity contribution in [2.75, 3.05) is 0 Å². The predicted molar refractivity (Wildman–Crippen MR) is 82.6 cm³/mol. The number of carbonyl (C=O) groups is 1. The number of nitro benzene ring substituents is 1. The minimum Gasteiger partial charge on any atom is -0.267 e. The summed E-state index contributed by atoms with van der Waals surface area (Å²) in [5, 5.41) is 14.8. The van der Waals surface area contributed by atoms with Crippen LogP contribution in [0.15, 0.2) is 29.4 Å². The van der Waals surface area contributed by atoms with E-state index in [1.54, 1.807) is 0 Å². The summed E-state index contributed by atoms with van der Waals surface area (Å²) in [5.74, 6) is 1.73. The van der Waals surface area contributed by atoms with Crippen LogP contribution in [0.2, 0.25) is 0 Å². The number of nitro groups is 1. The number of rotatable bonds is 4. The summed E-state index contributed by atoms with van der Waals surface area (Å²) in [6.07, 6.45) is 5.10. The van der Waals surface area contributed by atoms with E-state index in [1.807, 2.05) is 6.92 Å². The van der Waals surface area contributed by atoms with Gasteiger partial charge in [0.2, 0.25) is 0 Å². The maximum Gasteiger partial charge on any atom is 0.271 e. The number of hydrogen-bond donors (Lipinski definition) is 1. The Bertz CT molecular complexity index is 624. The average Bonchev–Trinajstić information content (AvgIpc) is 3.15. The van der Waals surface area contributed by atoms with Crippen LogP contribution in [0.3, 0.4) is 0 Å². The number of nitrogens with one attached hydrogen (secondary N) is 1. The molecule has 3 rings (SSSR count). The Morgan fingerprint density at radius 3 is 2.55 bits per heavy atom. The summed E-state index contributed by atoms with van der Waals surface area (Å²) in [4.78, 5) is 22.1. The SMILES string of the molecule is C/C(=N/NC(=O)c1ccc([N+](=O)[O-])cc1)[C@H]1C[C@H]2CC[C@H]1C2. The Labute approximate surface area is 128 Å². The molecule has 116 valence electrons. The van der Waals surface area contributed by atoms with Gasteiger partial charge in [-0.2, -0.15) is 5.10 Å². The van der Waals surface area contributed by atoms with Gasteiger partial charge in [-0.25, -0.2) is 5.43 Å². The zero-order chi connectivity index (χ0) is 15.7. The number of benzene rings is 1. The number of amides is 1. The Hall–Kier alpha value is -2.24. The summed E-state index contributed by atoms with van der Waals surface area (Å²) < 4.78 is 0. The molecule has 2 aliphatic carbocycles. The molecule has 6 nitrogen and oxygen atoms in total. The Morgan fingerprint density at radius 1 is 1.27 bits per heavy atom. The average molecular weight is 301 g/mol. The second-order valence-electron chi connectivity index (χ2n) is 6.28. The molecular formula is C16H19N3O3. The minimum absolute atomic E-state index is 0.0294. The molecule has 6 heteroatoms. The van der Waals surface area contributed by atoms with E-state index in [1.165, 1.54) is 49.9 Å². The first-order valence-electron chi connectivity index (χ1n) is 7.63. The second kappa shape index (κ2) is 5.87. The molecule has 2 saturated carbocycles. The lowest BCUT2D eigenvalue weighted by molar-refractivity contribution is -0.384. The quantitative estimate of drug-likeness (QED) is 0.526. The number of nitrogens with zero attached hydrogens (tertiary/aromatic N) is 2. The van der Waals surface area contributed by atoms with Crippen LogP contribution in [0, 0.1) is 27.9 Å². The third kappa shape index (κ3) is 2.86. The number of hydrogen-bond acceptors (Lipinski definition) is 4. The molecule has 1 N–H and O–H groups in total. The van der Waals surface area contributed by atoms with Crippen molar-refractivity contribution >= 4 is 17.3 Å². The lowest BCUT2D eigenvalue weighted by Gasteiger charge is -2.21. The Balaban J connectivity index is 1.61. The molecule has 0 unspecified atom stereocenters. The highest BCUT2D eigenvalue weighted by molar-refractivity contribution is 5.95. The molecule has 2 fully saturated rings. The molecule has 0 radical (unpaired) electrons. The standard InChI is InChI=1S/C16H19N3O3/c1-10(15-9-11-2-3-13(15)8-11)17-18-16(20)12-4-6-14(7-5-12)19(21)22/h4-7,11,13,15H,2-3,8-9H2,1H3,(H,18,20)/b17-10-/t11-,13-,15+/m0/s1. The Kier molecular flexibility index (Phi) is 3.92. The van der Waals surface area contributed by atoms with Crippen molar-refractivity contribution in [1.82, 2.24) is 5.43 Å². The lowest BCUT2D eigenvalue weighted by Crippen LogP contribution is -2.24. The van der Waals surface area contributed by atoms with E-state index in [0.717, 1.165) is 17.5 Å². The minimum atomic E-state index is -0.487. The first kappa shape index (κ1) is 14.7. The maximum absolute atomic E-state index is 12.0. The first-order valence-corrected chi connectivity index (χ1v) is 7.63. The molecule has 2 bridgehead atoms. The van der Waals surface area contributed by atoms with Crippen molar-refractivity contribution in [3.05, 3.63) is 39.9 Å². The molecule has 22 heavy (non-hydrogen) atoms. The molecule has 0 saturated heterocycles. The van der Waals surface area contributed by atoms with Gasteiger partial charge in [0, 0.05) is 29.3 Å². The van der Waals surface area contributed by atoms with Crippen LogP contribution in [0.25, 0.3) is 0 Å². The highest BCUT2D eigenvalue weighted by atomic mass is 16.6. The van der Waals surface area contributed by atoms with E-state index in [-0.39, 0.29) is 11.6 Å². The number of fused-ring (bicyclic) bond motifs is 2. The highest BCUT2D eigenvalue weighted by Gasteiger charge is 2.40. The van der Waals surface area contributed by atoms with Crippen LogP contribution in [0.5, 0.6) is 0 Å². The normalized spacial score (nSPS) is 27.0. The molecule has 3 atom stereocenters. The smallest absolute Gasteiger partial charge is 0.267 e. The number of non-ortho nitro benzene ring substituents is 1. The van der Waals surface area contributed by atoms with Gasteiger partial charge in [0.05, 0.1) is 4.92 Å². The van der Waals surface area contributed by atoms with Gasteiger partial charge >= 0.3 is 0 Å². The van der Waals surface area contributed by atoms with Crippen molar-refractivity contribution < 1.29 is 9.72 Å². The van der Waals surface area contributed by atoms with Crippen molar-refractivity contribution in [2.45, 2.75) is 32.6 Å². The summed E-state index contributed by atoms with van der Waals surface area (Å²) >= 11 is 0. The molecular weight excluding hydrogens is 282 g/mol. The number of carbonyl (C=O) groups excluding carboxylic acids is 1. The van der Waals surface area contributed by atoms with Gasteiger partial charge in [0.25, 0.3) is 11.6 Å². The van der Waals surface area contributed by atoms with Gasteiger partial charge in [0.15, 0.2) is 0 Å². The van der Waals surface area contributed by atoms with Crippen molar-refractivity contribution in [2.24, 2.45) is 22.9 Å². The second-order valence-corrected chi connectivity index (χ2v) is 6.28. The summed E-state index contributed by atoms with van der Waals surface area (Å²) in [5.41, 5.74) is 3.89. The van der Waals surface area contributed by atoms with Crippen LogP contribution in [0.4, 0.5) is 5.69 Å². The van der Waals surface area contributed by atoms with E-state index < -0.39 is 4.92 Å². The van der Waals surface area contributed by atoms with Crippen LogP contribution < -0.4 is 5.43 Å². The van der Waals surface area contributed by atoms with Crippen molar-refractivity contribution in [3.8, 4) is 0 Å². The fourth-order valence-corrected chi connectivity index (χ4v) is 3.78. The largest absolute Gasteiger partial charge is 0.271 e. The third-order valence-corrected chi connectivity index (χ3v) is 4.95. The third-order valence-electron chi connectivity index (χ3n) is 4.95. The maximum atomic E-state index is 12.0. The molecule has 1 aromatic rings. The summed E-state index contributed by atoms with van der Waals surface area (Å²) in [7, 11) is 0. The van der Waals surface area contributed by atoms with E-state index in [9.17, 15) is 14.9 Å². The topological polar surface area (TPSA) is 84.6 Å². The molecule has 0 aromatic heterocycles. The van der Waals surface area contributed by atoms with Crippen LogP contribution in [0.1, 0.15) is 43.0 Å². The summed E-state index contributed by atoms with van der Waals surface area (Å²) in [6, 6.07) is 5.52. The molecule has 0 spiro atoms. The van der Waals surface area contributed by atoms with E-state index in [4.69, 9.17) is 0 Å². The number of hydrazone groups is 1. The highest BCUT2D eigenvalue weighted by Crippen LogP contribution is 2.48. The van der Waals surface area contributed by atoms with Gasteiger partial charge in [-0.1, -0.05) is 6.42 Å². The fourth-order valence-electron chi connectivity index (χ4n) is 3.78. The van der Waals surface area contributed by atoms with Crippen molar-refractivity contribution in [1.29, 1.82) is 0 Å². The fraction of sp³-hybridized carbons (Fsp3) is 0.500. The lowest BCUT2D eigenvalue weighted by atomic mass is 9.86.